The van der Waals surface area contributed by atoms with Crippen LogP contribution in [-0.4, -0.2) is 12.0 Å². The molecule has 0 radical (unpaired) electrons. The fourth-order valence-corrected chi connectivity index (χ4v) is 1.66. The highest BCUT2D eigenvalue weighted by Gasteiger charge is 2.10. The van der Waals surface area contributed by atoms with E-state index in [2.05, 4.69) is 42.3 Å². The Balaban J connectivity index is 2.49. The number of benzene rings is 1. The molecule has 0 aliphatic carbocycles. The summed E-state index contributed by atoms with van der Waals surface area (Å²) in [7, 11) is 1.80. The molecule has 0 aliphatic rings. The Labute approximate surface area is 95.5 Å². The first-order valence-corrected chi connectivity index (χ1v) is 5.34. The number of hydrogen-bond acceptors (Lipinski definition) is 3. The minimum Gasteiger partial charge on any atom is -0.428 e. The van der Waals surface area contributed by atoms with Gasteiger partial charge in [0.15, 0.2) is 0 Å². The molecule has 0 saturated heterocycles. The molecule has 16 heavy (non-hydrogen) atoms. The van der Waals surface area contributed by atoms with E-state index in [0.29, 0.717) is 6.01 Å². The largest absolute Gasteiger partial charge is 0.428 e. The topological polar surface area (TPSA) is 38.1 Å². The number of hydrogen-bond donors (Lipinski definition) is 1. The Hall–Kier alpha value is -1.77. The Morgan fingerprint density at radius 3 is 2.44 bits per heavy atom. The lowest BCUT2D eigenvalue weighted by Gasteiger charge is -2.02. The van der Waals surface area contributed by atoms with Crippen molar-refractivity contribution in [3.05, 3.63) is 35.1 Å². The molecule has 0 spiro atoms. The van der Waals surface area contributed by atoms with Crippen molar-refractivity contribution in [1.82, 2.24) is 4.98 Å². The highest BCUT2D eigenvalue weighted by molar-refractivity contribution is 5.64. The maximum Gasteiger partial charge on any atom is 0.295 e. The van der Waals surface area contributed by atoms with Crippen LogP contribution in [0.15, 0.2) is 22.6 Å². The van der Waals surface area contributed by atoms with Crippen molar-refractivity contribution in [1.29, 1.82) is 0 Å². The molecule has 84 valence electrons. The summed E-state index contributed by atoms with van der Waals surface area (Å²) < 4.78 is 5.47. The third kappa shape index (κ3) is 1.81. The van der Waals surface area contributed by atoms with Gasteiger partial charge in [0.25, 0.3) is 6.01 Å². The SMILES string of the molecule is CNc1nc(-c2ccc(C)c(C)c2)c(C)o1. The Morgan fingerprint density at radius 2 is 1.88 bits per heavy atom. The molecule has 0 unspecified atom stereocenters. The van der Waals surface area contributed by atoms with E-state index in [1.54, 1.807) is 7.05 Å². The average Bonchev–Trinajstić information content (AvgIpc) is 2.64. The predicted molar refractivity (Wildman–Crippen MR) is 65.7 cm³/mol. The van der Waals surface area contributed by atoms with Gasteiger partial charge in [-0.15, -0.1) is 0 Å². The Kier molecular flexibility index (Phi) is 2.69. The van der Waals surface area contributed by atoms with Crippen LogP contribution in [-0.2, 0) is 0 Å². The third-order valence-corrected chi connectivity index (χ3v) is 2.79. The lowest BCUT2D eigenvalue weighted by Crippen LogP contribution is -1.88. The molecule has 2 rings (SSSR count). The fourth-order valence-electron chi connectivity index (χ4n) is 1.66. The second-order valence-electron chi connectivity index (χ2n) is 3.97. The highest BCUT2D eigenvalue weighted by Crippen LogP contribution is 2.26. The van der Waals surface area contributed by atoms with Crippen molar-refractivity contribution in [2.45, 2.75) is 20.8 Å². The zero-order chi connectivity index (χ0) is 11.7. The molecule has 0 amide bonds. The fraction of sp³-hybridized carbons (Fsp3) is 0.308. The first kappa shape index (κ1) is 10.7. The van der Waals surface area contributed by atoms with Crippen molar-refractivity contribution in [2.75, 3.05) is 12.4 Å². The molecular weight excluding hydrogens is 200 g/mol. The second-order valence-corrected chi connectivity index (χ2v) is 3.97. The van der Waals surface area contributed by atoms with E-state index in [1.165, 1.54) is 11.1 Å². The normalized spacial score (nSPS) is 10.5. The minimum atomic E-state index is 0.561. The molecule has 1 aromatic carbocycles. The van der Waals surface area contributed by atoms with E-state index in [0.717, 1.165) is 17.0 Å². The minimum absolute atomic E-state index is 0.561. The van der Waals surface area contributed by atoms with Gasteiger partial charge in [0.05, 0.1) is 0 Å². The molecule has 0 aliphatic heterocycles. The number of anilines is 1. The van der Waals surface area contributed by atoms with E-state index < -0.39 is 0 Å². The maximum atomic E-state index is 5.47. The van der Waals surface area contributed by atoms with Gasteiger partial charge in [0.1, 0.15) is 11.5 Å². The van der Waals surface area contributed by atoms with Crippen molar-refractivity contribution < 1.29 is 4.42 Å². The Bertz CT molecular complexity index is 515. The van der Waals surface area contributed by atoms with Crippen molar-refractivity contribution in [3.63, 3.8) is 0 Å². The summed E-state index contributed by atoms with van der Waals surface area (Å²) >= 11 is 0. The van der Waals surface area contributed by atoms with Gasteiger partial charge in [-0.2, -0.15) is 4.98 Å². The molecule has 1 N–H and O–H groups in total. The molecule has 0 atom stereocenters. The van der Waals surface area contributed by atoms with Gasteiger partial charge in [0.2, 0.25) is 0 Å². The van der Waals surface area contributed by atoms with Crippen LogP contribution in [0.1, 0.15) is 16.9 Å². The predicted octanol–water partition coefficient (Wildman–Crippen LogP) is 3.31. The zero-order valence-corrected chi connectivity index (χ0v) is 10.1. The number of rotatable bonds is 2. The van der Waals surface area contributed by atoms with Gasteiger partial charge >= 0.3 is 0 Å². The van der Waals surface area contributed by atoms with Crippen molar-refractivity contribution in [3.8, 4) is 11.3 Å². The van der Waals surface area contributed by atoms with Crippen LogP contribution in [0, 0.1) is 20.8 Å². The molecule has 0 bridgehead atoms. The highest BCUT2D eigenvalue weighted by atomic mass is 16.4. The molecule has 3 nitrogen and oxygen atoms in total. The van der Waals surface area contributed by atoms with Gasteiger partial charge in [-0.05, 0) is 38.0 Å². The van der Waals surface area contributed by atoms with Crippen LogP contribution in [0.25, 0.3) is 11.3 Å². The molecule has 2 aromatic rings. The third-order valence-electron chi connectivity index (χ3n) is 2.79. The van der Waals surface area contributed by atoms with Gasteiger partial charge < -0.3 is 9.73 Å². The molecular formula is C13H16N2O. The first-order chi connectivity index (χ1) is 7.61. The lowest BCUT2D eigenvalue weighted by atomic mass is 10.0. The van der Waals surface area contributed by atoms with Gasteiger partial charge in [-0.25, -0.2) is 0 Å². The summed E-state index contributed by atoms with van der Waals surface area (Å²) in [5.41, 5.74) is 4.57. The summed E-state index contributed by atoms with van der Waals surface area (Å²) in [4.78, 5) is 4.39. The summed E-state index contributed by atoms with van der Waals surface area (Å²) in [5.74, 6) is 0.840. The van der Waals surface area contributed by atoms with E-state index in [9.17, 15) is 0 Å². The molecule has 1 aromatic heterocycles. The molecule has 3 heteroatoms. The van der Waals surface area contributed by atoms with Crippen LogP contribution in [0.5, 0.6) is 0 Å². The summed E-state index contributed by atoms with van der Waals surface area (Å²) in [6.07, 6.45) is 0. The Morgan fingerprint density at radius 1 is 1.12 bits per heavy atom. The molecule has 0 fully saturated rings. The molecule has 1 heterocycles. The van der Waals surface area contributed by atoms with Crippen LogP contribution in [0.4, 0.5) is 6.01 Å². The van der Waals surface area contributed by atoms with Crippen LogP contribution >= 0.6 is 0 Å². The number of nitrogens with one attached hydrogen (secondary N) is 1. The zero-order valence-electron chi connectivity index (χ0n) is 10.1. The van der Waals surface area contributed by atoms with Gasteiger partial charge in [-0.3, -0.25) is 0 Å². The standard InChI is InChI=1S/C13H16N2O/c1-8-5-6-11(7-9(8)2)12-10(3)16-13(14-4)15-12/h5-7H,1-4H3,(H,14,15). The summed E-state index contributed by atoms with van der Waals surface area (Å²) in [5, 5.41) is 2.91. The van der Waals surface area contributed by atoms with Crippen LogP contribution in [0.2, 0.25) is 0 Å². The first-order valence-electron chi connectivity index (χ1n) is 5.34. The maximum absolute atomic E-state index is 5.47. The summed E-state index contributed by atoms with van der Waals surface area (Å²) in [6, 6.07) is 6.88. The van der Waals surface area contributed by atoms with Crippen molar-refractivity contribution >= 4 is 6.01 Å². The number of aryl methyl sites for hydroxylation is 3. The number of nitrogens with zero attached hydrogens (tertiary/aromatic N) is 1. The van der Waals surface area contributed by atoms with Crippen molar-refractivity contribution in [2.24, 2.45) is 0 Å². The summed E-state index contributed by atoms with van der Waals surface area (Å²) in [6.45, 7) is 6.14. The smallest absolute Gasteiger partial charge is 0.295 e. The molecule has 0 saturated carbocycles. The van der Waals surface area contributed by atoms with E-state index in [1.807, 2.05) is 6.92 Å². The van der Waals surface area contributed by atoms with Gasteiger partial charge in [-0.1, -0.05) is 12.1 Å². The van der Waals surface area contributed by atoms with E-state index >= 15 is 0 Å². The second kappa shape index (κ2) is 4.00. The van der Waals surface area contributed by atoms with Crippen LogP contribution < -0.4 is 5.32 Å². The van der Waals surface area contributed by atoms with E-state index in [4.69, 9.17) is 4.42 Å². The van der Waals surface area contributed by atoms with Crippen LogP contribution in [0.3, 0.4) is 0 Å². The average molecular weight is 216 g/mol. The number of oxazole rings is 1. The number of aromatic nitrogens is 1. The quantitative estimate of drug-likeness (QED) is 0.837. The monoisotopic (exact) mass is 216 g/mol. The lowest BCUT2D eigenvalue weighted by molar-refractivity contribution is 0.544. The van der Waals surface area contributed by atoms with Gasteiger partial charge in [0, 0.05) is 12.6 Å². The van der Waals surface area contributed by atoms with E-state index in [-0.39, 0.29) is 0 Å².